The van der Waals surface area contributed by atoms with Crippen LogP contribution in [0.15, 0.2) is 42.7 Å². The van der Waals surface area contributed by atoms with Crippen LogP contribution in [0.2, 0.25) is 0 Å². The molecule has 2 aromatic heterocycles. The van der Waals surface area contributed by atoms with Gasteiger partial charge in [0.25, 0.3) is 0 Å². The molecule has 0 amide bonds. The Balaban J connectivity index is 2.08. The van der Waals surface area contributed by atoms with Crippen LogP contribution in [0.25, 0.3) is 16.6 Å². The molecule has 0 N–H and O–H groups in total. The SMILES string of the molecule is COc1cc(OC(F)(F)P)ccc1-c1ccc2cnc(C(F)(F)F)n2c1. The van der Waals surface area contributed by atoms with Crippen LogP contribution in [0.3, 0.4) is 0 Å². The molecule has 26 heavy (non-hydrogen) atoms. The Morgan fingerprint density at radius 3 is 2.42 bits per heavy atom. The van der Waals surface area contributed by atoms with E-state index >= 15 is 0 Å². The number of nitrogens with zero attached hydrogens (tertiary/aromatic N) is 2. The normalized spacial score (nSPS) is 12.4. The van der Waals surface area contributed by atoms with Crippen LogP contribution in [0.4, 0.5) is 22.0 Å². The molecule has 0 aliphatic carbocycles. The van der Waals surface area contributed by atoms with Gasteiger partial charge in [-0.05, 0) is 27.4 Å². The Labute approximate surface area is 146 Å². The number of benzene rings is 1. The van der Waals surface area contributed by atoms with E-state index in [4.69, 9.17) is 4.74 Å². The second-order valence-corrected chi connectivity index (χ2v) is 5.99. The van der Waals surface area contributed by atoms with Crippen LogP contribution in [0.5, 0.6) is 11.5 Å². The lowest BCUT2D eigenvalue weighted by molar-refractivity contribution is -0.145. The molecule has 3 aromatic rings. The lowest BCUT2D eigenvalue weighted by atomic mass is 10.1. The third-order valence-electron chi connectivity index (χ3n) is 3.52. The maximum absolute atomic E-state index is 13.0. The van der Waals surface area contributed by atoms with Crippen molar-refractivity contribution >= 4 is 14.8 Å². The third-order valence-corrected chi connectivity index (χ3v) is 3.64. The molecule has 1 aromatic carbocycles. The molecule has 4 nitrogen and oxygen atoms in total. The van der Waals surface area contributed by atoms with Crippen molar-refractivity contribution in [1.29, 1.82) is 0 Å². The highest BCUT2D eigenvalue weighted by molar-refractivity contribution is 7.17. The number of aromatic nitrogens is 2. The number of fused-ring (bicyclic) bond motifs is 1. The number of hydrogen-bond donors (Lipinski definition) is 0. The van der Waals surface area contributed by atoms with Gasteiger partial charge in [-0.25, -0.2) is 4.98 Å². The molecule has 3 rings (SSSR count). The van der Waals surface area contributed by atoms with E-state index in [0.29, 0.717) is 11.1 Å². The standard InChI is InChI=1S/C16H12F5N2O2P/c1-24-13-6-11(25-16(20,21)26)4-5-12(13)9-2-3-10-7-22-14(15(17,18)19)23(10)8-9/h2-8H,26H2,1H3. The first kappa shape index (κ1) is 18.4. The zero-order valence-electron chi connectivity index (χ0n) is 13.2. The number of hydrogen-bond acceptors (Lipinski definition) is 3. The fraction of sp³-hybridized carbons (Fsp3) is 0.188. The molecule has 1 unspecified atom stereocenters. The summed E-state index contributed by atoms with van der Waals surface area (Å²) in [5.41, 5.74) is 1.07. The minimum Gasteiger partial charge on any atom is -0.496 e. The van der Waals surface area contributed by atoms with Crippen LogP contribution in [-0.2, 0) is 6.18 Å². The van der Waals surface area contributed by atoms with E-state index in [1.54, 1.807) is 6.07 Å². The van der Waals surface area contributed by atoms with Crippen molar-refractivity contribution in [3.8, 4) is 22.6 Å². The monoisotopic (exact) mass is 390 g/mol. The zero-order chi connectivity index (χ0) is 19.1. The van der Waals surface area contributed by atoms with E-state index in [-0.39, 0.29) is 17.0 Å². The summed E-state index contributed by atoms with van der Waals surface area (Å²) in [5.74, 6) is -4.49. The van der Waals surface area contributed by atoms with Crippen molar-refractivity contribution in [2.75, 3.05) is 7.11 Å². The van der Waals surface area contributed by atoms with E-state index in [1.165, 1.54) is 46.8 Å². The lowest BCUT2D eigenvalue weighted by Gasteiger charge is -2.15. The van der Waals surface area contributed by atoms with Gasteiger partial charge in [0.15, 0.2) is 0 Å². The first-order valence-corrected chi connectivity index (χ1v) is 7.74. The Hall–Kier alpha value is -2.41. The summed E-state index contributed by atoms with van der Waals surface area (Å²) in [7, 11) is 2.57. The van der Waals surface area contributed by atoms with Gasteiger partial charge in [0.2, 0.25) is 5.82 Å². The van der Waals surface area contributed by atoms with Crippen LogP contribution in [0, 0.1) is 0 Å². The van der Waals surface area contributed by atoms with Gasteiger partial charge in [-0.3, -0.25) is 4.40 Å². The summed E-state index contributed by atoms with van der Waals surface area (Å²) in [6.45, 7) is 0. The van der Waals surface area contributed by atoms with Gasteiger partial charge in [-0.15, -0.1) is 0 Å². The molecule has 2 heterocycles. The van der Waals surface area contributed by atoms with Gasteiger partial charge in [-0.2, -0.15) is 22.0 Å². The van der Waals surface area contributed by atoms with Crippen LogP contribution in [0.1, 0.15) is 5.82 Å². The van der Waals surface area contributed by atoms with E-state index in [9.17, 15) is 22.0 Å². The summed E-state index contributed by atoms with van der Waals surface area (Å²) < 4.78 is 75.5. The fourth-order valence-corrected chi connectivity index (χ4v) is 2.63. The molecule has 1 atom stereocenters. The average molecular weight is 390 g/mol. The summed E-state index contributed by atoms with van der Waals surface area (Å²) in [5, 5.41) is 0. The minimum atomic E-state index is -4.61. The molecular formula is C16H12F5N2O2P. The quantitative estimate of drug-likeness (QED) is 0.473. The number of rotatable bonds is 4. The second kappa shape index (κ2) is 6.39. The van der Waals surface area contributed by atoms with E-state index in [2.05, 4.69) is 9.72 Å². The topological polar surface area (TPSA) is 35.8 Å². The predicted octanol–water partition coefficient (Wildman–Crippen LogP) is 4.83. The molecule has 0 fully saturated rings. The summed E-state index contributed by atoms with van der Waals surface area (Å²) >= 11 is 0. The highest BCUT2D eigenvalue weighted by Crippen LogP contribution is 2.37. The predicted molar refractivity (Wildman–Crippen MR) is 87.5 cm³/mol. The molecule has 0 bridgehead atoms. The molecular weight excluding hydrogens is 378 g/mol. The number of alkyl halides is 5. The Morgan fingerprint density at radius 2 is 1.81 bits per heavy atom. The van der Waals surface area contributed by atoms with Crippen molar-refractivity contribution in [2.24, 2.45) is 0 Å². The largest absolute Gasteiger partial charge is 0.496 e. The average Bonchev–Trinajstić information content (AvgIpc) is 2.96. The second-order valence-electron chi connectivity index (χ2n) is 5.32. The molecule has 0 radical (unpaired) electrons. The summed E-state index contributed by atoms with van der Waals surface area (Å²) in [4.78, 5) is 3.40. The Kier molecular flexibility index (Phi) is 4.52. The molecule has 138 valence electrons. The van der Waals surface area contributed by atoms with E-state index in [1.807, 2.05) is 0 Å². The maximum Gasteiger partial charge on any atom is 0.450 e. The lowest BCUT2D eigenvalue weighted by Crippen LogP contribution is -2.14. The van der Waals surface area contributed by atoms with E-state index in [0.717, 1.165) is 10.6 Å². The van der Waals surface area contributed by atoms with Gasteiger partial charge >= 0.3 is 12.0 Å². The number of imidazole rings is 1. The summed E-state index contributed by atoms with van der Waals surface area (Å²) in [6, 6.07) is 6.99. The van der Waals surface area contributed by atoms with Crippen LogP contribution in [-0.4, -0.2) is 22.3 Å². The van der Waals surface area contributed by atoms with Crippen LogP contribution >= 0.6 is 9.24 Å². The Morgan fingerprint density at radius 1 is 1.08 bits per heavy atom. The van der Waals surface area contributed by atoms with Crippen molar-refractivity contribution in [3.05, 3.63) is 48.5 Å². The van der Waals surface area contributed by atoms with Crippen molar-refractivity contribution in [3.63, 3.8) is 0 Å². The van der Waals surface area contributed by atoms with Crippen molar-refractivity contribution in [2.45, 2.75) is 12.0 Å². The molecule has 0 aliphatic rings. The highest BCUT2D eigenvalue weighted by Gasteiger charge is 2.36. The molecule has 0 saturated heterocycles. The maximum atomic E-state index is 13.0. The van der Waals surface area contributed by atoms with Gasteiger partial charge < -0.3 is 9.47 Å². The number of pyridine rings is 1. The molecule has 10 heteroatoms. The smallest absolute Gasteiger partial charge is 0.450 e. The van der Waals surface area contributed by atoms with Crippen molar-refractivity contribution in [1.82, 2.24) is 9.38 Å². The van der Waals surface area contributed by atoms with Crippen LogP contribution < -0.4 is 9.47 Å². The number of halogens is 5. The van der Waals surface area contributed by atoms with Gasteiger partial charge in [-0.1, -0.05) is 6.07 Å². The van der Waals surface area contributed by atoms with Crippen molar-refractivity contribution < 1.29 is 31.4 Å². The number of ether oxygens (including phenoxy) is 2. The first-order chi connectivity index (χ1) is 12.1. The summed E-state index contributed by atoms with van der Waals surface area (Å²) in [6.07, 6.45) is -2.24. The van der Waals surface area contributed by atoms with Gasteiger partial charge in [0.1, 0.15) is 11.5 Å². The molecule has 0 spiro atoms. The number of methoxy groups -OCH3 is 1. The zero-order valence-corrected chi connectivity index (χ0v) is 14.4. The minimum absolute atomic E-state index is 0.148. The Bertz CT molecular complexity index is 950. The van der Waals surface area contributed by atoms with E-state index < -0.39 is 17.9 Å². The fourth-order valence-electron chi connectivity index (χ4n) is 2.49. The third kappa shape index (κ3) is 3.72. The van der Waals surface area contributed by atoms with Gasteiger partial charge in [0, 0.05) is 23.4 Å². The highest BCUT2D eigenvalue weighted by atomic mass is 31.0. The molecule has 0 aliphatic heterocycles. The first-order valence-electron chi connectivity index (χ1n) is 7.17. The molecule has 0 saturated carbocycles. The van der Waals surface area contributed by atoms with Gasteiger partial charge in [0.05, 0.1) is 18.8 Å².